The number of hydrogen-bond acceptors (Lipinski definition) is 3. The van der Waals surface area contributed by atoms with Crippen LogP contribution in [0.25, 0.3) is 10.4 Å². The Morgan fingerprint density at radius 2 is 2.47 bits per heavy atom. The smallest absolute Gasteiger partial charge is 0.423 e. The quantitative estimate of drug-likeness (QED) is 0.337. The molecule has 0 amide bonds. The molecule has 0 unspecified atom stereocenters. The maximum atomic E-state index is 9.67. The van der Waals surface area contributed by atoms with E-state index in [0.717, 1.165) is 16.6 Å². The Bertz CT molecular complexity index is 431. The molecule has 0 radical (unpaired) electrons. The van der Waals surface area contributed by atoms with E-state index < -0.39 is 7.12 Å². The van der Waals surface area contributed by atoms with Crippen LogP contribution in [0.15, 0.2) is 23.3 Å². The summed E-state index contributed by atoms with van der Waals surface area (Å²) in [7, 11) is -0.903. The molecule has 0 saturated carbocycles. The second-order valence-electron chi connectivity index (χ2n) is 3.47. The highest BCUT2D eigenvalue weighted by Crippen LogP contribution is 2.24. The van der Waals surface area contributed by atoms with Crippen LogP contribution in [-0.4, -0.2) is 18.7 Å². The predicted molar refractivity (Wildman–Crippen MR) is 56.6 cm³/mol. The number of benzene rings is 1. The minimum absolute atomic E-state index is 0.212. The van der Waals surface area contributed by atoms with E-state index in [1.165, 1.54) is 0 Å². The van der Waals surface area contributed by atoms with E-state index >= 15 is 0 Å². The van der Waals surface area contributed by atoms with Crippen molar-refractivity contribution in [3.05, 3.63) is 39.8 Å². The van der Waals surface area contributed by atoms with Gasteiger partial charge in [0.25, 0.3) is 0 Å². The fourth-order valence-electron chi connectivity index (χ4n) is 1.87. The van der Waals surface area contributed by atoms with Crippen LogP contribution in [0.1, 0.15) is 17.2 Å². The van der Waals surface area contributed by atoms with Crippen molar-refractivity contribution in [3.63, 3.8) is 0 Å². The fourth-order valence-corrected chi connectivity index (χ4v) is 1.87. The Morgan fingerprint density at radius 1 is 1.67 bits per heavy atom. The molecule has 0 aromatic heterocycles. The van der Waals surface area contributed by atoms with Crippen molar-refractivity contribution >= 4 is 12.6 Å². The number of fused-ring (bicyclic) bond motifs is 1. The van der Waals surface area contributed by atoms with Crippen LogP contribution >= 0.6 is 0 Å². The lowest BCUT2D eigenvalue weighted by molar-refractivity contribution is 0.198. The topological polar surface area (TPSA) is 78.2 Å². The lowest BCUT2D eigenvalue weighted by Crippen LogP contribution is -2.30. The van der Waals surface area contributed by atoms with Crippen molar-refractivity contribution in [1.82, 2.24) is 0 Å². The van der Waals surface area contributed by atoms with E-state index in [2.05, 4.69) is 10.0 Å². The molecule has 76 valence electrons. The highest BCUT2D eigenvalue weighted by Gasteiger charge is 2.35. The fraction of sp³-hybridized carbons (Fsp3) is 0.333. The molecular weight excluding hydrogens is 193 g/mol. The third kappa shape index (κ3) is 1.70. The van der Waals surface area contributed by atoms with Gasteiger partial charge in [0.15, 0.2) is 0 Å². The predicted octanol–water partition coefficient (Wildman–Crippen LogP) is 1.06. The van der Waals surface area contributed by atoms with Gasteiger partial charge in [-0.05, 0) is 23.5 Å². The van der Waals surface area contributed by atoms with Crippen LogP contribution in [0.2, 0.25) is 0 Å². The second-order valence-corrected chi connectivity index (χ2v) is 3.47. The molecular formula is C9H10BN3O2. The lowest BCUT2D eigenvalue weighted by Gasteiger charge is -2.07. The zero-order valence-electron chi connectivity index (χ0n) is 8.29. The van der Waals surface area contributed by atoms with Crippen molar-refractivity contribution < 1.29 is 9.68 Å². The van der Waals surface area contributed by atoms with Gasteiger partial charge >= 0.3 is 7.12 Å². The maximum absolute atomic E-state index is 9.67. The molecule has 0 fully saturated rings. The highest BCUT2D eigenvalue weighted by atomic mass is 16.5. The van der Waals surface area contributed by atoms with Gasteiger partial charge in [-0.1, -0.05) is 28.9 Å². The minimum Gasteiger partial charge on any atom is -0.423 e. The van der Waals surface area contributed by atoms with Crippen LogP contribution in [0.4, 0.5) is 0 Å². The molecule has 2 rings (SSSR count). The molecule has 0 saturated heterocycles. The molecule has 0 spiro atoms. The molecule has 0 aliphatic carbocycles. The monoisotopic (exact) mass is 203 g/mol. The molecule has 1 aliphatic rings. The SMILES string of the molecule is Cc1cccc2c1B(O)O[C@@H]2CN=[N+]=[N-]. The molecule has 5 nitrogen and oxygen atoms in total. The van der Waals surface area contributed by atoms with Crippen LogP contribution in [0.3, 0.4) is 0 Å². The maximum Gasteiger partial charge on any atom is 0.492 e. The van der Waals surface area contributed by atoms with Crippen LogP contribution in [0.5, 0.6) is 0 Å². The first-order valence-electron chi connectivity index (χ1n) is 4.68. The third-order valence-electron chi connectivity index (χ3n) is 2.56. The standard InChI is InChI=1S/C9H10BN3O2/c1-6-3-2-4-7-8(5-12-13-11)15-10(14)9(6)7/h2-4,8,14H,5H2,1H3/t8-/m1/s1. The molecule has 1 heterocycles. The molecule has 1 aromatic carbocycles. The summed E-state index contributed by atoms with van der Waals surface area (Å²) in [5.41, 5.74) is 10.9. The van der Waals surface area contributed by atoms with Crippen molar-refractivity contribution in [3.8, 4) is 0 Å². The van der Waals surface area contributed by atoms with Crippen molar-refractivity contribution in [1.29, 1.82) is 0 Å². The molecule has 1 aromatic rings. The van der Waals surface area contributed by atoms with E-state index in [1.54, 1.807) is 0 Å². The average Bonchev–Trinajstić information content (AvgIpc) is 2.54. The zero-order chi connectivity index (χ0) is 10.8. The Balaban J connectivity index is 2.37. The normalized spacial score (nSPS) is 18.5. The summed E-state index contributed by atoms with van der Waals surface area (Å²) < 4.78 is 5.31. The summed E-state index contributed by atoms with van der Waals surface area (Å²) in [5.74, 6) is 0. The summed E-state index contributed by atoms with van der Waals surface area (Å²) in [5, 5.41) is 13.1. The zero-order valence-corrected chi connectivity index (χ0v) is 8.29. The Kier molecular flexibility index (Phi) is 2.64. The second kappa shape index (κ2) is 3.94. The van der Waals surface area contributed by atoms with Gasteiger partial charge in [-0.3, -0.25) is 0 Å². The van der Waals surface area contributed by atoms with Gasteiger partial charge in [0, 0.05) is 4.91 Å². The van der Waals surface area contributed by atoms with Gasteiger partial charge < -0.3 is 9.68 Å². The van der Waals surface area contributed by atoms with E-state index in [-0.39, 0.29) is 12.6 Å². The van der Waals surface area contributed by atoms with Gasteiger partial charge in [0.05, 0.1) is 12.6 Å². The highest BCUT2D eigenvalue weighted by molar-refractivity contribution is 6.62. The van der Waals surface area contributed by atoms with Crippen LogP contribution < -0.4 is 5.46 Å². The van der Waals surface area contributed by atoms with Crippen molar-refractivity contribution in [2.75, 3.05) is 6.54 Å². The van der Waals surface area contributed by atoms with Crippen LogP contribution in [-0.2, 0) is 4.65 Å². The molecule has 15 heavy (non-hydrogen) atoms. The van der Waals surface area contributed by atoms with E-state index in [1.807, 2.05) is 25.1 Å². The Hall–Kier alpha value is -1.49. The summed E-state index contributed by atoms with van der Waals surface area (Å²) in [6.07, 6.45) is -0.328. The molecule has 1 atom stereocenters. The van der Waals surface area contributed by atoms with E-state index in [4.69, 9.17) is 10.2 Å². The number of azide groups is 1. The van der Waals surface area contributed by atoms with Gasteiger partial charge in [0.2, 0.25) is 0 Å². The Labute approximate surface area is 87.5 Å². The van der Waals surface area contributed by atoms with Crippen molar-refractivity contribution in [2.24, 2.45) is 5.11 Å². The van der Waals surface area contributed by atoms with Gasteiger partial charge in [-0.2, -0.15) is 0 Å². The first kappa shape index (κ1) is 10.0. The first-order valence-corrected chi connectivity index (χ1v) is 4.68. The summed E-state index contributed by atoms with van der Waals surface area (Å²) >= 11 is 0. The number of rotatable bonds is 2. The van der Waals surface area contributed by atoms with Gasteiger partial charge in [0.1, 0.15) is 0 Å². The van der Waals surface area contributed by atoms with Gasteiger partial charge in [-0.15, -0.1) is 0 Å². The summed E-state index contributed by atoms with van der Waals surface area (Å²) in [4.78, 5) is 2.68. The first-order chi connectivity index (χ1) is 7.24. The number of hydrogen-bond donors (Lipinski definition) is 1. The number of aryl methyl sites for hydroxylation is 1. The lowest BCUT2D eigenvalue weighted by atomic mass is 9.76. The van der Waals surface area contributed by atoms with Gasteiger partial charge in [-0.25, -0.2) is 0 Å². The minimum atomic E-state index is -0.903. The van der Waals surface area contributed by atoms with E-state index in [0.29, 0.717) is 0 Å². The summed E-state index contributed by atoms with van der Waals surface area (Å²) in [6.45, 7) is 2.13. The van der Waals surface area contributed by atoms with Crippen molar-refractivity contribution in [2.45, 2.75) is 13.0 Å². The van der Waals surface area contributed by atoms with E-state index in [9.17, 15) is 5.02 Å². The molecule has 1 aliphatic heterocycles. The average molecular weight is 203 g/mol. The summed E-state index contributed by atoms with van der Waals surface area (Å²) in [6, 6.07) is 5.70. The Morgan fingerprint density at radius 3 is 3.20 bits per heavy atom. The van der Waals surface area contributed by atoms with Crippen LogP contribution in [0, 0.1) is 6.92 Å². The largest absolute Gasteiger partial charge is 0.492 e. The molecule has 1 N–H and O–H groups in total. The third-order valence-corrected chi connectivity index (χ3v) is 2.56. The number of nitrogens with zero attached hydrogens (tertiary/aromatic N) is 3. The molecule has 0 bridgehead atoms. The molecule has 6 heteroatoms.